The fourth-order valence-electron chi connectivity index (χ4n) is 1.56. The van der Waals surface area contributed by atoms with E-state index in [1.165, 1.54) is 4.90 Å². The number of carbonyl (C=O) groups excluding carboxylic acids is 1. The molecule has 1 N–H and O–H groups in total. The van der Waals surface area contributed by atoms with Gasteiger partial charge in [0.1, 0.15) is 0 Å². The van der Waals surface area contributed by atoms with Gasteiger partial charge in [-0.15, -0.1) is 0 Å². The number of hydrogen-bond acceptors (Lipinski definition) is 4. The number of para-hydroxylation sites is 2. The Kier molecular flexibility index (Phi) is 4.90. The second-order valence-electron chi connectivity index (χ2n) is 4.58. The van der Waals surface area contributed by atoms with Crippen LogP contribution in [0.3, 0.4) is 0 Å². The fraction of sp³-hybridized carbons (Fsp3) is 0.417. The minimum absolute atomic E-state index is 0.118. The zero-order valence-corrected chi connectivity index (χ0v) is 12.4. The summed E-state index contributed by atoms with van der Waals surface area (Å²) in [6, 6.07) is 6.78. The Balaban J connectivity index is 3.03. The number of nitrogens with one attached hydrogen (secondary N) is 1. The Morgan fingerprint density at radius 2 is 1.79 bits per heavy atom. The molecule has 0 unspecified atom stereocenters. The molecule has 0 saturated heterocycles. The Bertz CT molecular complexity index is 555. The Morgan fingerprint density at radius 3 is 2.32 bits per heavy atom. The largest absolute Gasteiger partial charge is 0.312 e. The molecule has 0 aliphatic carbocycles. The van der Waals surface area contributed by atoms with Crippen molar-refractivity contribution in [2.75, 3.05) is 43.6 Å². The fourth-order valence-corrected chi connectivity index (χ4v) is 2.14. The van der Waals surface area contributed by atoms with E-state index >= 15 is 0 Å². The van der Waals surface area contributed by atoms with Crippen LogP contribution in [-0.2, 0) is 14.8 Å². The van der Waals surface area contributed by atoms with Crippen LogP contribution in [0.4, 0.5) is 11.4 Å². The number of amides is 1. The van der Waals surface area contributed by atoms with Gasteiger partial charge in [0.05, 0.1) is 24.2 Å². The molecule has 0 heterocycles. The van der Waals surface area contributed by atoms with E-state index in [0.717, 1.165) is 6.26 Å². The summed E-state index contributed by atoms with van der Waals surface area (Å²) in [5.41, 5.74) is 0.916. The monoisotopic (exact) mass is 285 g/mol. The first-order valence-corrected chi connectivity index (χ1v) is 7.58. The molecule has 0 aliphatic rings. The molecule has 6 nitrogen and oxygen atoms in total. The van der Waals surface area contributed by atoms with Gasteiger partial charge in [-0.1, -0.05) is 12.1 Å². The molecule has 1 aromatic rings. The van der Waals surface area contributed by atoms with E-state index in [4.69, 9.17) is 0 Å². The van der Waals surface area contributed by atoms with Gasteiger partial charge in [-0.2, -0.15) is 0 Å². The van der Waals surface area contributed by atoms with Gasteiger partial charge in [-0.3, -0.25) is 9.52 Å². The number of benzene rings is 1. The normalized spacial score (nSPS) is 11.4. The highest BCUT2D eigenvalue weighted by atomic mass is 32.2. The van der Waals surface area contributed by atoms with Crippen molar-refractivity contribution >= 4 is 27.3 Å². The van der Waals surface area contributed by atoms with Crippen LogP contribution in [0.5, 0.6) is 0 Å². The third-order valence-corrected chi connectivity index (χ3v) is 2.98. The van der Waals surface area contributed by atoms with Gasteiger partial charge in [0.15, 0.2) is 0 Å². The molecule has 1 rings (SSSR count). The Hall–Kier alpha value is -1.60. The van der Waals surface area contributed by atoms with Gasteiger partial charge >= 0.3 is 0 Å². The average molecular weight is 285 g/mol. The summed E-state index contributed by atoms with van der Waals surface area (Å²) in [4.78, 5) is 15.2. The molecular weight excluding hydrogens is 266 g/mol. The number of anilines is 2. The van der Waals surface area contributed by atoms with E-state index in [-0.39, 0.29) is 12.5 Å². The van der Waals surface area contributed by atoms with Crippen LogP contribution >= 0.6 is 0 Å². The molecular formula is C12H19N3O3S. The van der Waals surface area contributed by atoms with Crippen LogP contribution in [0.25, 0.3) is 0 Å². The van der Waals surface area contributed by atoms with Gasteiger partial charge in [-0.25, -0.2) is 8.42 Å². The summed E-state index contributed by atoms with van der Waals surface area (Å²) in [6.45, 7) is 0.254. The van der Waals surface area contributed by atoms with Crippen LogP contribution in [0, 0.1) is 0 Å². The Labute approximate surface area is 114 Å². The standard InChI is InChI=1S/C12H19N3O3S/c1-14(2)9-12(16)15(3)11-8-6-5-7-10(11)13-19(4,17)18/h5-8,13H,9H2,1-4H3. The number of likely N-dealkylation sites (N-methyl/N-ethyl adjacent to an activating group) is 2. The summed E-state index contributed by atoms with van der Waals surface area (Å²) in [5.74, 6) is -0.118. The molecule has 0 atom stereocenters. The van der Waals surface area contributed by atoms with Gasteiger partial charge < -0.3 is 9.80 Å². The maximum atomic E-state index is 12.0. The number of carbonyl (C=O) groups is 1. The van der Waals surface area contributed by atoms with Gasteiger partial charge in [-0.05, 0) is 26.2 Å². The van der Waals surface area contributed by atoms with Crippen molar-refractivity contribution in [2.45, 2.75) is 0 Å². The first-order chi connectivity index (χ1) is 8.70. The van der Waals surface area contributed by atoms with Crippen molar-refractivity contribution in [3.63, 3.8) is 0 Å². The first-order valence-electron chi connectivity index (χ1n) is 5.69. The highest BCUT2D eigenvalue weighted by Gasteiger charge is 2.16. The van der Waals surface area contributed by atoms with Crippen LogP contribution in [0.1, 0.15) is 0 Å². The van der Waals surface area contributed by atoms with E-state index < -0.39 is 10.0 Å². The molecule has 19 heavy (non-hydrogen) atoms. The van der Waals surface area contributed by atoms with Gasteiger partial charge in [0.25, 0.3) is 0 Å². The van der Waals surface area contributed by atoms with Crippen molar-refractivity contribution in [2.24, 2.45) is 0 Å². The van der Waals surface area contributed by atoms with Gasteiger partial charge in [0, 0.05) is 7.05 Å². The molecule has 106 valence electrons. The summed E-state index contributed by atoms with van der Waals surface area (Å²) in [7, 11) is 1.84. The lowest BCUT2D eigenvalue weighted by Gasteiger charge is -2.22. The molecule has 0 radical (unpaired) electrons. The lowest BCUT2D eigenvalue weighted by atomic mass is 10.2. The van der Waals surface area contributed by atoms with E-state index in [1.807, 2.05) is 0 Å². The second kappa shape index (κ2) is 6.03. The van der Waals surface area contributed by atoms with E-state index in [2.05, 4.69) is 4.72 Å². The van der Waals surface area contributed by atoms with E-state index in [9.17, 15) is 13.2 Å². The molecule has 0 aromatic heterocycles. The number of sulfonamides is 1. The number of rotatable bonds is 5. The average Bonchev–Trinajstić information content (AvgIpc) is 2.25. The second-order valence-corrected chi connectivity index (χ2v) is 6.33. The Morgan fingerprint density at radius 1 is 1.21 bits per heavy atom. The molecule has 0 saturated carbocycles. The SMILES string of the molecule is CN(C)CC(=O)N(C)c1ccccc1NS(C)(=O)=O. The van der Waals surface area contributed by atoms with Crippen molar-refractivity contribution < 1.29 is 13.2 Å². The van der Waals surface area contributed by atoms with Crippen LogP contribution in [0.15, 0.2) is 24.3 Å². The molecule has 1 amide bonds. The number of nitrogens with zero attached hydrogens (tertiary/aromatic N) is 2. The quantitative estimate of drug-likeness (QED) is 0.859. The van der Waals surface area contributed by atoms with Crippen molar-refractivity contribution in [3.05, 3.63) is 24.3 Å². The third-order valence-electron chi connectivity index (χ3n) is 2.39. The van der Waals surface area contributed by atoms with Crippen molar-refractivity contribution in [3.8, 4) is 0 Å². The highest BCUT2D eigenvalue weighted by molar-refractivity contribution is 7.92. The molecule has 0 bridgehead atoms. The van der Waals surface area contributed by atoms with Gasteiger partial charge in [0.2, 0.25) is 15.9 Å². The molecule has 1 aromatic carbocycles. The van der Waals surface area contributed by atoms with Crippen LogP contribution in [-0.4, -0.2) is 53.2 Å². The molecule has 7 heteroatoms. The zero-order chi connectivity index (χ0) is 14.6. The number of hydrogen-bond donors (Lipinski definition) is 1. The topological polar surface area (TPSA) is 69.7 Å². The summed E-state index contributed by atoms with van der Waals surface area (Å²) in [6.07, 6.45) is 1.07. The van der Waals surface area contributed by atoms with Crippen molar-refractivity contribution in [1.82, 2.24) is 4.90 Å². The summed E-state index contributed by atoms with van der Waals surface area (Å²) >= 11 is 0. The third kappa shape index (κ3) is 4.88. The van der Waals surface area contributed by atoms with Crippen molar-refractivity contribution in [1.29, 1.82) is 0 Å². The zero-order valence-electron chi connectivity index (χ0n) is 11.5. The van der Waals surface area contributed by atoms with Crippen LogP contribution in [0.2, 0.25) is 0 Å². The minimum atomic E-state index is -3.38. The molecule has 0 fully saturated rings. The predicted molar refractivity (Wildman–Crippen MR) is 76.9 cm³/mol. The first kappa shape index (κ1) is 15.5. The highest BCUT2D eigenvalue weighted by Crippen LogP contribution is 2.25. The molecule has 0 spiro atoms. The summed E-state index contributed by atoms with van der Waals surface area (Å²) in [5, 5.41) is 0. The lowest BCUT2D eigenvalue weighted by molar-refractivity contribution is -0.118. The summed E-state index contributed by atoms with van der Waals surface area (Å²) < 4.78 is 25.0. The smallest absolute Gasteiger partial charge is 0.240 e. The minimum Gasteiger partial charge on any atom is -0.312 e. The maximum absolute atomic E-state index is 12.0. The van der Waals surface area contributed by atoms with Crippen LogP contribution < -0.4 is 9.62 Å². The van der Waals surface area contributed by atoms with E-state index in [1.54, 1.807) is 50.3 Å². The van der Waals surface area contributed by atoms with E-state index in [0.29, 0.717) is 11.4 Å². The molecule has 0 aliphatic heterocycles. The predicted octanol–water partition coefficient (Wildman–Crippen LogP) is 0.583. The maximum Gasteiger partial charge on any atom is 0.240 e. The lowest BCUT2D eigenvalue weighted by Crippen LogP contribution is -2.35.